The van der Waals surface area contributed by atoms with E-state index in [-0.39, 0.29) is 6.10 Å². The Hall–Kier alpha value is -2.28. The summed E-state index contributed by atoms with van der Waals surface area (Å²) in [5, 5.41) is 15.4. The fourth-order valence-electron chi connectivity index (χ4n) is 2.28. The molecule has 0 saturated carbocycles. The Balaban J connectivity index is 1.96. The molecule has 1 atom stereocenters. The second-order valence-corrected chi connectivity index (χ2v) is 6.28. The minimum absolute atomic E-state index is 0.0178. The molecular formula is C18H27ClN6O. The zero-order valence-corrected chi connectivity index (χ0v) is 16.5. The number of aromatic nitrogens is 3. The molecule has 1 aromatic heterocycles. The maximum atomic E-state index is 6.18. The van der Waals surface area contributed by atoms with Gasteiger partial charge in [-0.2, -0.15) is 0 Å². The molecule has 1 unspecified atom stereocenters. The average molecular weight is 379 g/mol. The van der Waals surface area contributed by atoms with Gasteiger partial charge in [-0.05, 0) is 32.4 Å². The first-order chi connectivity index (χ1) is 12.5. The van der Waals surface area contributed by atoms with Gasteiger partial charge in [0.15, 0.2) is 11.8 Å². The number of halogens is 1. The Bertz CT molecular complexity index is 730. The van der Waals surface area contributed by atoms with Crippen LogP contribution in [-0.4, -0.2) is 39.9 Å². The molecule has 2 rings (SSSR count). The monoisotopic (exact) mass is 378 g/mol. The van der Waals surface area contributed by atoms with E-state index >= 15 is 0 Å². The van der Waals surface area contributed by atoms with Crippen LogP contribution in [0.1, 0.15) is 31.9 Å². The molecule has 0 aliphatic heterocycles. The van der Waals surface area contributed by atoms with Gasteiger partial charge < -0.3 is 19.9 Å². The van der Waals surface area contributed by atoms with Crippen molar-refractivity contribution in [1.29, 1.82) is 0 Å². The van der Waals surface area contributed by atoms with Crippen LogP contribution < -0.4 is 15.4 Å². The lowest BCUT2D eigenvalue weighted by atomic mass is 10.2. The lowest BCUT2D eigenvalue weighted by Gasteiger charge is -2.20. The highest BCUT2D eigenvalue weighted by Gasteiger charge is 2.12. The molecular weight excluding hydrogens is 352 g/mol. The zero-order chi connectivity index (χ0) is 18.9. The van der Waals surface area contributed by atoms with Gasteiger partial charge in [0.25, 0.3) is 0 Å². The van der Waals surface area contributed by atoms with E-state index < -0.39 is 0 Å². The Morgan fingerprint density at radius 2 is 2.04 bits per heavy atom. The number of hydrogen-bond donors (Lipinski definition) is 2. The predicted molar refractivity (Wildman–Crippen MR) is 105 cm³/mol. The SMILES string of the molecule is CCNC(=NCc1nnc(C)n1C)NCC(CC)Oc1ccccc1Cl. The Morgan fingerprint density at radius 3 is 2.65 bits per heavy atom. The smallest absolute Gasteiger partial charge is 0.191 e. The third-order valence-corrected chi connectivity index (χ3v) is 4.30. The van der Waals surface area contributed by atoms with Crippen molar-refractivity contribution in [2.75, 3.05) is 13.1 Å². The highest BCUT2D eigenvalue weighted by Crippen LogP contribution is 2.24. The molecule has 7 nitrogen and oxygen atoms in total. The van der Waals surface area contributed by atoms with Crippen LogP contribution in [0.5, 0.6) is 5.75 Å². The topological polar surface area (TPSA) is 76.4 Å². The first-order valence-electron chi connectivity index (χ1n) is 8.83. The molecule has 1 heterocycles. The normalized spacial score (nSPS) is 12.7. The summed E-state index contributed by atoms with van der Waals surface area (Å²) in [6.07, 6.45) is 0.830. The summed E-state index contributed by atoms with van der Waals surface area (Å²) in [5.74, 6) is 3.10. The summed E-state index contributed by atoms with van der Waals surface area (Å²) in [6, 6.07) is 7.50. The maximum absolute atomic E-state index is 6.18. The summed E-state index contributed by atoms with van der Waals surface area (Å²) in [6.45, 7) is 7.87. The molecule has 2 aromatic rings. The van der Waals surface area contributed by atoms with Crippen LogP contribution in [0.4, 0.5) is 0 Å². The number of guanidine groups is 1. The van der Waals surface area contributed by atoms with Crippen molar-refractivity contribution in [3.05, 3.63) is 40.9 Å². The third-order valence-electron chi connectivity index (χ3n) is 3.99. The number of rotatable bonds is 8. The van der Waals surface area contributed by atoms with Crippen LogP contribution in [0, 0.1) is 6.92 Å². The molecule has 1 aromatic carbocycles. The minimum atomic E-state index is -0.0178. The first-order valence-corrected chi connectivity index (χ1v) is 9.21. The fourth-order valence-corrected chi connectivity index (χ4v) is 2.46. The molecule has 0 aliphatic carbocycles. The predicted octanol–water partition coefficient (Wildman–Crippen LogP) is 2.69. The van der Waals surface area contributed by atoms with E-state index in [2.05, 4.69) is 32.7 Å². The summed E-state index contributed by atoms with van der Waals surface area (Å²) in [7, 11) is 1.94. The van der Waals surface area contributed by atoms with Crippen LogP contribution in [0.3, 0.4) is 0 Å². The highest BCUT2D eigenvalue weighted by atomic mass is 35.5. The highest BCUT2D eigenvalue weighted by molar-refractivity contribution is 6.32. The standard InChI is InChI=1S/C18H27ClN6O/c1-5-14(26-16-10-8-7-9-15(16)19)11-21-18(20-6-2)22-12-17-24-23-13(3)25(17)4/h7-10,14H,5-6,11-12H2,1-4H3,(H2,20,21,22). The minimum Gasteiger partial charge on any atom is -0.487 e. The zero-order valence-electron chi connectivity index (χ0n) is 15.8. The van der Waals surface area contributed by atoms with Crippen molar-refractivity contribution >= 4 is 17.6 Å². The molecule has 0 aliphatic rings. The van der Waals surface area contributed by atoms with E-state index in [1.54, 1.807) is 0 Å². The number of para-hydroxylation sites is 1. The van der Waals surface area contributed by atoms with E-state index in [4.69, 9.17) is 16.3 Å². The molecule has 0 bridgehead atoms. The molecule has 26 heavy (non-hydrogen) atoms. The molecule has 142 valence electrons. The third kappa shape index (κ3) is 5.62. The summed E-state index contributed by atoms with van der Waals surface area (Å²) in [5.41, 5.74) is 0. The van der Waals surface area contributed by atoms with Crippen LogP contribution in [-0.2, 0) is 13.6 Å². The van der Waals surface area contributed by atoms with E-state index in [0.717, 1.165) is 30.6 Å². The van der Waals surface area contributed by atoms with E-state index in [1.165, 1.54) is 0 Å². The van der Waals surface area contributed by atoms with Gasteiger partial charge in [-0.25, -0.2) is 4.99 Å². The van der Waals surface area contributed by atoms with E-state index in [0.29, 0.717) is 23.9 Å². The van der Waals surface area contributed by atoms with E-state index in [1.807, 2.05) is 49.7 Å². The first kappa shape index (κ1) is 20.0. The Kier molecular flexibility index (Phi) is 7.72. The van der Waals surface area contributed by atoms with Crippen LogP contribution >= 0.6 is 11.6 Å². The van der Waals surface area contributed by atoms with E-state index in [9.17, 15) is 0 Å². The van der Waals surface area contributed by atoms with Crippen LogP contribution in [0.25, 0.3) is 0 Å². The quantitative estimate of drug-likeness (QED) is 0.545. The van der Waals surface area contributed by atoms with Gasteiger partial charge in [0.2, 0.25) is 0 Å². The number of aryl methyl sites for hydroxylation is 1. The number of nitrogens with zero attached hydrogens (tertiary/aromatic N) is 4. The van der Waals surface area contributed by atoms with Crippen LogP contribution in [0.2, 0.25) is 5.02 Å². The number of aliphatic imine (C=N–C) groups is 1. The van der Waals surface area contributed by atoms with Gasteiger partial charge in [0, 0.05) is 13.6 Å². The molecule has 0 radical (unpaired) electrons. The molecule has 0 spiro atoms. The summed E-state index contributed by atoms with van der Waals surface area (Å²) >= 11 is 6.18. The molecule has 2 N–H and O–H groups in total. The van der Waals surface area contributed by atoms with Crippen molar-refractivity contribution in [2.24, 2.45) is 12.0 Å². The van der Waals surface area contributed by atoms with Gasteiger partial charge in [-0.1, -0.05) is 30.7 Å². The Morgan fingerprint density at radius 1 is 1.27 bits per heavy atom. The number of benzene rings is 1. The molecule has 0 saturated heterocycles. The van der Waals surface area contributed by atoms with Gasteiger partial charge >= 0.3 is 0 Å². The van der Waals surface area contributed by atoms with Crippen molar-refractivity contribution in [1.82, 2.24) is 25.4 Å². The molecule has 0 amide bonds. The van der Waals surface area contributed by atoms with Crippen molar-refractivity contribution < 1.29 is 4.74 Å². The Labute approximate surface area is 159 Å². The largest absolute Gasteiger partial charge is 0.487 e. The number of hydrogen-bond acceptors (Lipinski definition) is 4. The average Bonchev–Trinajstić information content (AvgIpc) is 2.96. The van der Waals surface area contributed by atoms with Gasteiger partial charge in [0.05, 0.1) is 11.6 Å². The second kappa shape index (κ2) is 10.0. The fraction of sp³-hybridized carbons (Fsp3) is 0.500. The molecule has 0 fully saturated rings. The molecule has 8 heteroatoms. The van der Waals surface area contributed by atoms with Crippen LogP contribution in [0.15, 0.2) is 29.3 Å². The van der Waals surface area contributed by atoms with Gasteiger partial charge in [-0.15, -0.1) is 10.2 Å². The van der Waals surface area contributed by atoms with Gasteiger partial charge in [-0.3, -0.25) is 0 Å². The van der Waals surface area contributed by atoms with Crippen molar-refractivity contribution in [2.45, 2.75) is 39.8 Å². The summed E-state index contributed by atoms with van der Waals surface area (Å²) in [4.78, 5) is 4.58. The lowest BCUT2D eigenvalue weighted by Crippen LogP contribution is -2.42. The summed E-state index contributed by atoms with van der Waals surface area (Å²) < 4.78 is 7.94. The van der Waals surface area contributed by atoms with Gasteiger partial charge in [0.1, 0.15) is 24.2 Å². The lowest BCUT2D eigenvalue weighted by molar-refractivity contribution is 0.199. The number of nitrogens with one attached hydrogen (secondary N) is 2. The maximum Gasteiger partial charge on any atom is 0.191 e. The van der Waals surface area contributed by atoms with Crippen molar-refractivity contribution in [3.8, 4) is 5.75 Å². The van der Waals surface area contributed by atoms with Crippen molar-refractivity contribution in [3.63, 3.8) is 0 Å². The number of ether oxygens (including phenoxy) is 1. The second-order valence-electron chi connectivity index (χ2n) is 5.88.